The number of nitrogens with one attached hydrogen (secondary N) is 1. The Labute approximate surface area is 179 Å². The molecule has 2 aliphatic rings. The molecule has 0 saturated heterocycles. The molecule has 0 aliphatic heterocycles. The second-order valence-electron chi connectivity index (χ2n) is 8.66. The van der Waals surface area contributed by atoms with Gasteiger partial charge in [-0.3, -0.25) is 9.78 Å². The zero-order valence-electron chi connectivity index (χ0n) is 16.5. The number of rotatable bonds is 4. The lowest BCUT2D eigenvalue weighted by molar-refractivity contribution is 0.0941. The number of halogens is 2. The highest BCUT2D eigenvalue weighted by Crippen LogP contribution is 2.53. The molecule has 2 unspecified atom stereocenters. The third kappa shape index (κ3) is 3.79. The van der Waals surface area contributed by atoms with Crippen LogP contribution in [0.4, 0.5) is 4.39 Å². The highest BCUT2D eigenvalue weighted by Gasteiger charge is 2.42. The molecule has 2 saturated carbocycles. The van der Waals surface area contributed by atoms with E-state index in [0.29, 0.717) is 40.9 Å². The van der Waals surface area contributed by atoms with Gasteiger partial charge >= 0.3 is 0 Å². The van der Waals surface area contributed by atoms with E-state index in [-0.39, 0.29) is 11.7 Å². The minimum atomic E-state index is -0.207. The quantitative estimate of drug-likeness (QED) is 0.613. The SMILES string of the molecule is O=C(NCC1C[C@@H]2CC(c3ccnc4ccc(F)cc34)C[C@@H]2C1)c1ccc(Cl)cn1. The van der Waals surface area contributed by atoms with Crippen molar-refractivity contribution in [3.05, 3.63) is 70.9 Å². The van der Waals surface area contributed by atoms with E-state index in [2.05, 4.69) is 21.4 Å². The molecule has 154 valence electrons. The van der Waals surface area contributed by atoms with Crippen molar-refractivity contribution < 1.29 is 9.18 Å². The standard InChI is InChI=1S/C24H23ClFN3O/c25-18-1-3-23(28-13-18)24(30)29-12-14-7-15-9-17(10-16(15)8-14)20-5-6-27-22-4-2-19(26)11-21(20)22/h1-6,11,13-17H,7-10,12H2,(H,29,30)/t14?,15-,16+,17?. The molecule has 0 radical (unpaired) electrons. The van der Waals surface area contributed by atoms with Gasteiger partial charge in [-0.2, -0.15) is 0 Å². The minimum absolute atomic E-state index is 0.146. The molecule has 2 fully saturated rings. The second kappa shape index (κ2) is 7.95. The zero-order chi connectivity index (χ0) is 20.7. The van der Waals surface area contributed by atoms with Gasteiger partial charge in [-0.1, -0.05) is 11.6 Å². The van der Waals surface area contributed by atoms with Crippen LogP contribution in [0.2, 0.25) is 5.02 Å². The van der Waals surface area contributed by atoms with E-state index < -0.39 is 0 Å². The maximum atomic E-state index is 13.8. The highest BCUT2D eigenvalue weighted by atomic mass is 35.5. The predicted molar refractivity (Wildman–Crippen MR) is 115 cm³/mol. The Morgan fingerprint density at radius 1 is 1.07 bits per heavy atom. The molecule has 3 aromatic rings. The van der Waals surface area contributed by atoms with E-state index in [0.717, 1.165) is 36.6 Å². The number of benzene rings is 1. The lowest BCUT2D eigenvalue weighted by Gasteiger charge is -2.17. The first-order valence-corrected chi connectivity index (χ1v) is 10.9. The number of pyridine rings is 2. The molecule has 5 rings (SSSR count). The van der Waals surface area contributed by atoms with E-state index in [1.807, 2.05) is 6.20 Å². The van der Waals surface area contributed by atoms with Crippen LogP contribution in [0.25, 0.3) is 10.9 Å². The van der Waals surface area contributed by atoms with E-state index in [1.165, 1.54) is 17.8 Å². The average molecular weight is 424 g/mol. The maximum Gasteiger partial charge on any atom is 0.269 e. The summed E-state index contributed by atoms with van der Waals surface area (Å²) in [6, 6.07) is 10.2. The van der Waals surface area contributed by atoms with Crippen molar-refractivity contribution in [2.45, 2.75) is 31.6 Å². The number of carbonyl (C=O) groups excluding carboxylic acids is 1. The summed E-state index contributed by atoms with van der Waals surface area (Å²) in [6.45, 7) is 0.685. The molecule has 0 spiro atoms. The number of fused-ring (bicyclic) bond motifs is 2. The van der Waals surface area contributed by atoms with Crippen LogP contribution < -0.4 is 5.32 Å². The van der Waals surface area contributed by atoms with Crippen LogP contribution in [0.3, 0.4) is 0 Å². The number of nitrogens with zero attached hydrogens (tertiary/aromatic N) is 2. The van der Waals surface area contributed by atoms with Crippen molar-refractivity contribution in [2.75, 3.05) is 6.54 Å². The molecule has 2 heterocycles. The molecule has 30 heavy (non-hydrogen) atoms. The third-order valence-electron chi connectivity index (χ3n) is 6.80. The summed E-state index contributed by atoms with van der Waals surface area (Å²) < 4.78 is 13.8. The first-order valence-electron chi connectivity index (χ1n) is 10.5. The van der Waals surface area contributed by atoms with Crippen molar-refractivity contribution >= 4 is 28.4 Å². The molecule has 6 heteroatoms. The number of carbonyl (C=O) groups is 1. The molecule has 4 nitrogen and oxygen atoms in total. The van der Waals surface area contributed by atoms with Gasteiger partial charge in [-0.15, -0.1) is 0 Å². The van der Waals surface area contributed by atoms with Crippen LogP contribution in [0.15, 0.2) is 48.8 Å². The largest absolute Gasteiger partial charge is 0.350 e. The first-order chi connectivity index (χ1) is 14.6. The molecule has 2 aliphatic carbocycles. The Morgan fingerprint density at radius 2 is 1.87 bits per heavy atom. The molecule has 4 atom stereocenters. The monoisotopic (exact) mass is 423 g/mol. The van der Waals surface area contributed by atoms with E-state index in [4.69, 9.17) is 11.6 Å². The normalized spacial score (nSPS) is 25.4. The fourth-order valence-electron chi connectivity index (χ4n) is 5.50. The van der Waals surface area contributed by atoms with Gasteiger partial charge in [0, 0.05) is 24.3 Å². The van der Waals surface area contributed by atoms with Crippen LogP contribution >= 0.6 is 11.6 Å². The maximum absolute atomic E-state index is 13.8. The van der Waals surface area contributed by atoms with Gasteiger partial charge in [0.25, 0.3) is 5.91 Å². The van der Waals surface area contributed by atoms with Gasteiger partial charge in [0.1, 0.15) is 11.5 Å². The van der Waals surface area contributed by atoms with Crippen LogP contribution in [0.1, 0.15) is 47.7 Å². The summed E-state index contributed by atoms with van der Waals surface area (Å²) in [6.07, 6.45) is 7.85. The number of aromatic nitrogens is 2. The average Bonchev–Trinajstić information content (AvgIpc) is 3.31. The summed E-state index contributed by atoms with van der Waals surface area (Å²) in [5.74, 6) is 1.95. The summed E-state index contributed by atoms with van der Waals surface area (Å²) in [7, 11) is 0. The Kier molecular flexibility index (Phi) is 5.15. The number of amides is 1. The van der Waals surface area contributed by atoms with E-state index in [9.17, 15) is 9.18 Å². The Bertz CT molecular complexity index is 1070. The molecule has 1 aromatic carbocycles. The van der Waals surface area contributed by atoms with Crippen LogP contribution in [-0.2, 0) is 0 Å². The Hall–Kier alpha value is -2.53. The van der Waals surface area contributed by atoms with Gasteiger partial charge in [0.05, 0.1) is 10.5 Å². The second-order valence-corrected chi connectivity index (χ2v) is 9.10. The molecule has 0 bridgehead atoms. The summed E-state index contributed by atoms with van der Waals surface area (Å²) in [5, 5.41) is 4.50. The molecule has 1 N–H and O–H groups in total. The van der Waals surface area contributed by atoms with Gasteiger partial charge in [-0.05, 0) is 91.3 Å². The van der Waals surface area contributed by atoms with Crippen molar-refractivity contribution in [3.8, 4) is 0 Å². The van der Waals surface area contributed by atoms with Crippen molar-refractivity contribution in [1.29, 1.82) is 0 Å². The first kappa shape index (κ1) is 19.4. The summed E-state index contributed by atoms with van der Waals surface area (Å²) in [4.78, 5) is 20.8. The summed E-state index contributed by atoms with van der Waals surface area (Å²) >= 11 is 5.83. The molecular formula is C24H23ClFN3O. The predicted octanol–water partition coefficient (Wildman–Crippen LogP) is 5.37. The number of hydrogen-bond donors (Lipinski definition) is 1. The van der Waals surface area contributed by atoms with Crippen LogP contribution in [0, 0.1) is 23.6 Å². The van der Waals surface area contributed by atoms with Gasteiger partial charge in [0.15, 0.2) is 0 Å². The third-order valence-corrected chi connectivity index (χ3v) is 7.03. The lowest BCUT2D eigenvalue weighted by Crippen LogP contribution is -2.29. The van der Waals surface area contributed by atoms with Gasteiger partial charge < -0.3 is 5.32 Å². The van der Waals surface area contributed by atoms with E-state index in [1.54, 1.807) is 24.3 Å². The Balaban J connectivity index is 1.20. The van der Waals surface area contributed by atoms with Crippen molar-refractivity contribution in [2.24, 2.45) is 17.8 Å². The minimum Gasteiger partial charge on any atom is -0.350 e. The van der Waals surface area contributed by atoms with E-state index >= 15 is 0 Å². The summed E-state index contributed by atoms with van der Waals surface area (Å²) in [5.41, 5.74) is 2.49. The number of hydrogen-bond acceptors (Lipinski definition) is 3. The molecule has 2 aromatic heterocycles. The van der Waals surface area contributed by atoms with Gasteiger partial charge in [0.2, 0.25) is 0 Å². The molecular weight excluding hydrogens is 401 g/mol. The highest BCUT2D eigenvalue weighted by molar-refractivity contribution is 6.30. The lowest BCUT2D eigenvalue weighted by atomic mass is 9.90. The van der Waals surface area contributed by atoms with Crippen LogP contribution in [0.5, 0.6) is 0 Å². The molecule has 1 amide bonds. The van der Waals surface area contributed by atoms with Crippen LogP contribution in [-0.4, -0.2) is 22.4 Å². The smallest absolute Gasteiger partial charge is 0.269 e. The fraction of sp³-hybridized carbons (Fsp3) is 0.375. The van der Waals surface area contributed by atoms with Crippen molar-refractivity contribution in [3.63, 3.8) is 0 Å². The zero-order valence-corrected chi connectivity index (χ0v) is 17.3. The topological polar surface area (TPSA) is 54.9 Å². The van der Waals surface area contributed by atoms with Gasteiger partial charge in [-0.25, -0.2) is 9.37 Å². The fourth-order valence-corrected chi connectivity index (χ4v) is 5.61. The Morgan fingerprint density at radius 3 is 2.60 bits per heavy atom. The van der Waals surface area contributed by atoms with Crippen molar-refractivity contribution in [1.82, 2.24) is 15.3 Å².